The monoisotopic (exact) mass is 403 g/mol. The van der Waals surface area contributed by atoms with Gasteiger partial charge in [0.15, 0.2) is 0 Å². The lowest BCUT2D eigenvalue weighted by molar-refractivity contribution is 0.0698. The van der Waals surface area contributed by atoms with Gasteiger partial charge >= 0.3 is 5.97 Å². The average molecular weight is 404 g/mol. The summed E-state index contributed by atoms with van der Waals surface area (Å²) in [5.41, 5.74) is 3.12. The molecule has 0 radical (unpaired) electrons. The van der Waals surface area contributed by atoms with Crippen molar-refractivity contribution in [2.45, 2.75) is 12.8 Å². The molecule has 0 atom stereocenters. The van der Waals surface area contributed by atoms with Crippen molar-refractivity contribution in [2.24, 2.45) is 0 Å². The highest BCUT2D eigenvalue weighted by molar-refractivity contribution is 6.42. The predicted octanol–water partition coefficient (Wildman–Crippen LogP) is 6.36. The number of hydrogen-bond acceptors (Lipinski definition) is 2. The fourth-order valence-corrected chi connectivity index (χ4v) is 3.02. The third-order valence-electron chi connectivity index (χ3n) is 4.13. The Kier molecular flexibility index (Phi) is 5.99. The SMILES string of the molecule is O=C(O)c1ccc(F)cc1Nc1ccc(CCc2ccc(Cl)c(Cl)c2)cc1. The van der Waals surface area contributed by atoms with Gasteiger partial charge in [0, 0.05) is 5.69 Å². The smallest absolute Gasteiger partial charge is 0.337 e. The van der Waals surface area contributed by atoms with Gasteiger partial charge in [-0.15, -0.1) is 0 Å². The van der Waals surface area contributed by atoms with Crippen LogP contribution in [0.1, 0.15) is 21.5 Å². The molecular formula is C21H16Cl2FNO2. The highest BCUT2D eigenvalue weighted by Crippen LogP contribution is 2.25. The third kappa shape index (κ3) is 5.00. The van der Waals surface area contributed by atoms with E-state index in [0.717, 1.165) is 30.0 Å². The van der Waals surface area contributed by atoms with E-state index >= 15 is 0 Å². The number of nitrogens with one attached hydrogen (secondary N) is 1. The van der Waals surface area contributed by atoms with Gasteiger partial charge in [-0.1, -0.05) is 41.4 Å². The van der Waals surface area contributed by atoms with Gasteiger partial charge < -0.3 is 10.4 Å². The van der Waals surface area contributed by atoms with Crippen molar-refractivity contribution in [2.75, 3.05) is 5.32 Å². The van der Waals surface area contributed by atoms with Crippen LogP contribution in [0.2, 0.25) is 10.0 Å². The molecule has 3 rings (SSSR count). The molecule has 0 aliphatic carbocycles. The number of carboxylic acids is 1. The molecule has 0 saturated carbocycles. The Bertz CT molecular complexity index is 974. The van der Waals surface area contributed by atoms with Crippen LogP contribution in [-0.4, -0.2) is 11.1 Å². The van der Waals surface area contributed by atoms with Crippen molar-refractivity contribution in [1.29, 1.82) is 0 Å². The second-order valence-electron chi connectivity index (χ2n) is 6.07. The first-order chi connectivity index (χ1) is 12.9. The van der Waals surface area contributed by atoms with Gasteiger partial charge in [0.25, 0.3) is 0 Å². The number of aryl methyl sites for hydroxylation is 2. The molecule has 0 bridgehead atoms. The maximum absolute atomic E-state index is 13.4. The molecule has 0 heterocycles. The van der Waals surface area contributed by atoms with Crippen molar-refractivity contribution in [3.8, 4) is 0 Å². The molecule has 3 aromatic carbocycles. The summed E-state index contributed by atoms with van der Waals surface area (Å²) in [6.07, 6.45) is 1.63. The lowest BCUT2D eigenvalue weighted by Crippen LogP contribution is -2.03. The zero-order chi connectivity index (χ0) is 19.4. The van der Waals surface area contributed by atoms with Crippen LogP contribution in [0.3, 0.4) is 0 Å². The van der Waals surface area contributed by atoms with Crippen LogP contribution in [0.15, 0.2) is 60.7 Å². The zero-order valence-corrected chi connectivity index (χ0v) is 15.7. The van der Waals surface area contributed by atoms with E-state index in [0.29, 0.717) is 15.7 Å². The topological polar surface area (TPSA) is 49.3 Å². The molecular weight excluding hydrogens is 388 g/mol. The quantitative estimate of drug-likeness (QED) is 0.503. The molecule has 3 nitrogen and oxygen atoms in total. The molecule has 0 aliphatic rings. The van der Waals surface area contributed by atoms with Gasteiger partial charge in [0.1, 0.15) is 5.82 Å². The molecule has 0 unspecified atom stereocenters. The summed E-state index contributed by atoms with van der Waals surface area (Å²) in [5, 5.41) is 13.2. The maximum atomic E-state index is 13.4. The Morgan fingerprint density at radius 1 is 0.889 bits per heavy atom. The lowest BCUT2D eigenvalue weighted by Gasteiger charge is -2.11. The van der Waals surface area contributed by atoms with Crippen molar-refractivity contribution >= 4 is 40.5 Å². The zero-order valence-electron chi connectivity index (χ0n) is 14.2. The minimum absolute atomic E-state index is 0.0140. The number of halogens is 3. The molecule has 6 heteroatoms. The number of aromatic carboxylic acids is 1. The van der Waals surface area contributed by atoms with Crippen molar-refractivity contribution in [1.82, 2.24) is 0 Å². The first kappa shape index (κ1) is 19.2. The van der Waals surface area contributed by atoms with Gasteiger partial charge in [0.05, 0.1) is 21.3 Å². The number of rotatable bonds is 6. The summed E-state index contributed by atoms with van der Waals surface area (Å²) in [6.45, 7) is 0. The second kappa shape index (κ2) is 8.42. The predicted molar refractivity (Wildman–Crippen MR) is 107 cm³/mol. The summed E-state index contributed by atoms with van der Waals surface area (Å²) < 4.78 is 13.4. The van der Waals surface area contributed by atoms with Crippen LogP contribution in [0.5, 0.6) is 0 Å². The van der Waals surface area contributed by atoms with E-state index in [1.54, 1.807) is 6.07 Å². The van der Waals surface area contributed by atoms with Crippen LogP contribution in [-0.2, 0) is 12.8 Å². The van der Waals surface area contributed by atoms with E-state index in [4.69, 9.17) is 23.2 Å². The largest absolute Gasteiger partial charge is 0.478 e. The van der Waals surface area contributed by atoms with E-state index in [2.05, 4.69) is 5.32 Å². The Morgan fingerprint density at radius 2 is 1.56 bits per heavy atom. The Hall–Kier alpha value is -2.56. The molecule has 138 valence electrons. The van der Waals surface area contributed by atoms with E-state index in [9.17, 15) is 14.3 Å². The number of carboxylic acid groups (broad SMARTS) is 1. The summed E-state index contributed by atoms with van der Waals surface area (Å²) in [4.78, 5) is 11.3. The highest BCUT2D eigenvalue weighted by Gasteiger charge is 2.11. The van der Waals surface area contributed by atoms with Crippen LogP contribution in [0, 0.1) is 5.82 Å². The van der Waals surface area contributed by atoms with E-state index in [1.807, 2.05) is 36.4 Å². The number of benzene rings is 3. The minimum atomic E-state index is -1.12. The molecule has 0 amide bonds. The normalized spacial score (nSPS) is 10.6. The number of carbonyl (C=O) groups is 1. The first-order valence-corrected chi connectivity index (χ1v) is 9.01. The number of hydrogen-bond donors (Lipinski definition) is 2. The molecule has 27 heavy (non-hydrogen) atoms. The van der Waals surface area contributed by atoms with Crippen LogP contribution in [0.25, 0.3) is 0 Å². The van der Waals surface area contributed by atoms with Gasteiger partial charge in [-0.2, -0.15) is 0 Å². The fraction of sp³-hybridized carbons (Fsp3) is 0.0952. The lowest BCUT2D eigenvalue weighted by atomic mass is 10.0. The van der Waals surface area contributed by atoms with Crippen molar-refractivity contribution < 1.29 is 14.3 Å². The van der Waals surface area contributed by atoms with Crippen molar-refractivity contribution in [3.05, 3.63) is 93.2 Å². The van der Waals surface area contributed by atoms with Crippen LogP contribution >= 0.6 is 23.2 Å². The van der Waals surface area contributed by atoms with Crippen LogP contribution in [0.4, 0.5) is 15.8 Å². The Morgan fingerprint density at radius 3 is 2.22 bits per heavy atom. The van der Waals surface area contributed by atoms with Crippen molar-refractivity contribution in [3.63, 3.8) is 0 Å². The molecule has 0 fully saturated rings. The molecule has 0 aromatic heterocycles. The standard InChI is InChI=1S/C21H16Cl2FNO2/c22-18-10-5-14(11-19(18)23)2-1-13-3-7-16(8-4-13)25-20-12-15(24)6-9-17(20)21(26)27/h3-12,25H,1-2H2,(H,26,27). The van der Waals surface area contributed by atoms with E-state index < -0.39 is 11.8 Å². The first-order valence-electron chi connectivity index (χ1n) is 8.25. The van der Waals surface area contributed by atoms with Gasteiger partial charge in [-0.25, -0.2) is 9.18 Å². The highest BCUT2D eigenvalue weighted by atomic mass is 35.5. The van der Waals surface area contributed by atoms with E-state index in [1.165, 1.54) is 12.1 Å². The maximum Gasteiger partial charge on any atom is 0.337 e. The summed E-state index contributed by atoms with van der Waals surface area (Å²) in [6, 6.07) is 16.7. The Labute approximate surface area is 166 Å². The van der Waals surface area contributed by atoms with Gasteiger partial charge in [-0.05, 0) is 66.4 Å². The second-order valence-corrected chi connectivity index (χ2v) is 6.88. The number of anilines is 2. The molecule has 0 aliphatic heterocycles. The van der Waals surface area contributed by atoms with Crippen LogP contribution < -0.4 is 5.32 Å². The van der Waals surface area contributed by atoms with Gasteiger partial charge in [-0.3, -0.25) is 0 Å². The van der Waals surface area contributed by atoms with Gasteiger partial charge in [0.2, 0.25) is 0 Å². The molecule has 0 saturated heterocycles. The summed E-state index contributed by atoms with van der Waals surface area (Å²) in [7, 11) is 0. The summed E-state index contributed by atoms with van der Waals surface area (Å²) >= 11 is 12.0. The summed E-state index contributed by atoms with van der Waals surface area (Å²) in [5.74, 6) is -1.61. The third-order valence-corrected chi connectivity index (χ3v) is 4.87. The molecule has 0 spiro atoms. The fourth-order valence-electron chi connectivity index (χ4n) is 2.70. The molecule has 2 N–H and O–H groups in total. The Balaban J connectivity index is 1.68. The average Bonchev–Trinajstić information content (AvgIpc) is 2.64. The van der Waals surface area contributed by atoms with E-state index in [-0.39, 0.29) is 11.3 Å². The minimum Gasteiger partial charge on any atom is -0.478 e. The molecule has 3 aromatic rings.